The fourth-order valence-corrected chi connectivity index (χ4v) is 1.50. The molecular weight excluding hydrogens is 112 g/mol. The first-order valence-corrected chi connectivity index (χ1v) is 3.55. The third kappa shape index (κ3) is 0.640. The van der Waals surface area contributed by atoms with E-state index in [0.717, 1.165) is 25.7 Å². The molecule has 0 unspecified atom stereocenters. The number of allylic oxidation sites excluding steroid dienone is 2. The third-order valence-electron chi connectivity index (χ3n) is 2.44. The van der Waals surface area contributed by atoms with E-state index in [0.29, 0.717) is 5.78 Å². The van der Waals surface area contributed by atoms with Gasteiger partial charge < -0.3 is 0 Å². The summed E-state index contributed by atoms with van der Waals surface area (Å²) < 4.78 is 0. The highest BCUT2D eigenvalue weighted by Crippen LogP contribution is 2.52. The molecule has 1 nitrogen and oxygen atoms in total. The van der Waals surface area contributed by atoms with Gasteiger partial charge in [0, 0.05) is 5.41 Å². The Morgan fingerprint density at radius 1 is 1.33 bits per heavy atom. The van der Waals surface area contributed by atoms with E-state index >= 15 is 0 Å². The van der Waals surface area contributed by atoms with Crippen molar-refractivity contribution in [3.63, 3.8) is 0 Å². The van der Waals surface area contributed by atoms with Gasteiger partial charge in [-0.05, 0) is 31.8 Å². The lowest BCUT2D eigenvalue weighted by atomic mass is 9.90. The van der Waals surface area contributed by atoms with E-state index < -0.39 is 0 Å². The molecule has 0 atom stereocenters. The second-order valence-electron chi connectivity index (χ2n) is 3.09. The fourth-order valence-electron chi connectivity index (χ4n) is 1.50. The molecule has 48 valence electrons. The van der Waals surface area contributed by atoms with Crippen LogP contribution in [0, 0.1) is 5.41 Å². The molecule has 1 heteroatoms. The number of hydrogen-bond donors (Lipinski definition) is 0. The Labute approximate surface area is 54.8 Å². The Balaban J connectivity index is 2.26. The van der Waals surface area contributed by atoms with Gasteiger partial charge in [0.05, 0.1) is 0 Å². The van der Waals surface area contributed by atoms with Crippen LogP contribution in [-0.4, -0.2) is 5.78 Å². The molecule has 1 fully saturated rings. The summed E-state index contributed by atoms with van der Waals surface area (Å²) in [5.41, 5.74) is 0.161. The van der Waals surface area contributed by atoms with Gasteiger partial charge in [-0.25, -0.2) is 0 Å². The molecule has 0 aliphatic heterocycles. The molecule has 0 bridgehead atoms. The molecule has 1 spiro atoms. The molecular formula is C8H10O. The molecule has 0 saturated heterocycles. The van der Waals surface area contributed by atoms with Crippen molar-refractivity contribution < 1.29 is 4.79 Å². The molecule has 0 aromatic carbocycles. The minimum absolute atomic E-state index is 0.161. The summed E-state index contributed by atoms with van der Waals surface area (Å²) in [4.78, 5) is 11.1. The largest absolute Gasteiger partial charge is 0.294 e. The van der Waals surface area contributed by atoms with Crippen LogP contribution in [0.2, 0.25) is 0 Å². The molecule has 0 radical (unpaired) electrons. The Hall–Kier alpha value is -0.590. The van der Waals surface area contributed by atoms with Crippen LogP contribution >= 0.6 is 0 Å². The first kappa shape index (κ1) is 5.21. The van der Waals surface area contributed by atoms with Crippen LogP contribution < -0.4 is 0 Å². The van der Waals surface area contributed by atoms with Crippen molar-refractivity contribution in [2.24, 2.45) is 5.41 Å². The van der Waals surface area contributed by atoms with Gasteiger partial charge in [-0.3, -0.25) is 4.79 Å². The van der Waals surface area contributed by atoms with Crippen molar-refractivity contribution in [2.75, 3.05) is 0 Å². The minimum Gasteiger partial charge on any atom is -0.294 e. The van der Waals surface area contributed by atoms with Gasteiger partial charge in [0.1, 0.15) is 0 Å². The molecule has 1 saturated carbocycles. The molecule has 2 aliphatic rings. The maximum atomic E-state index is 11.1. The van der Waals surface area contributed by atoms with Gasteiger partial charge in [-0.2, -0.15) is 0 Å². The van der Waals surface area contributed by atoms with Gasteiger partial charge in [0.2, 0.25) is 0 Å². The van der Waals surface area contributed by atoms with Crippen molar-refractivity contribution in [1.29, 1.82) is 0 Å². The fraction of sp³-hybridized carbons (Fsp3) is 0.625. The highest BCUT2D eigenvalue weighted by Gasteiger charge is 2.48. The Bertz CT molecular complexity index is 175. The zero-order valence-electron chi connectivity index (χ0n) is 5.39. The third-order valence-corrected chi connectivity index (χ3v) is 2.44. The molecule has 2 aliphatic carbocycles. The minimum atomic E-state index is 0.161. The van der Waals surface area contributed by atoms with Crippen molar-refractivity contribution in [1.82, 2.24) is 0 Å². The van der Waals surface area contributed by atoms with Gasteiger partial charge >= 0.3 is 0 Å². The molecule has 0 amide bonds. The Morgan fingerprint density at radius 3 is 2.56 bits per heavy atom. The summed E-state index contributed by atoms with van der Waals surface area (Å²) >= 11 is 0. The summed E-state index contributed by atoms with van der Waals surface area (Å²) in [7, 11) is 0. The van der Waals surface area contributed by atoms with Crippen molar-refractivity contribution in [3.8, 4) is 0 Å². The number of carbonyl (C=O) groups is 1. The van der Waals surface area contributed by atoms with E-state index in [1.165, 1.54) is 0 Å². The van der Waals surface area contributed by atoms with Gasteiger partial charge in [-0.15, -0.1) is 0 Å². The van der Waals surface area contributed by atoms with E-state index in [1.807, 2.05) is 6.08 Å². The number of rotatable bonds is 0. The van der Waals surface area contributed by atoms with E-state index in [4.69, 9.17) is 0 Å². The first-order chi connectivity index (χ1) is 4.33. The lowest BCUT2D eigenvalue weighted by Gasteiger charge is -2.12. The summed E-state index contributed by atoms with van der Waals surface area (Å²) in [6.45, 7) is 0. The van der Waals surface area contributed by atoms with Crippen LogP contribution in [-0.2, 0) is 4.79 Å². The molecule has 9 heavy (non-hydrogen) atoms. The van der Waals surface area contributed by atoms with Crippen molar-refractivity contribution in [2.45, 2.75) is 25.7 Å². The van der Waals surface area contributed by atoms with Crippen LogP contribution in [0.25, 0.3) is 0 Å². The van der Waals surface area contributed by atoms with E-state index in [2.05, 4.69) is 0 Å². The normalized spacial score (nSPS) is 29.1. The number of ketones is 1. The van der Waals surface area contributed by atoms with E-state index in [9.17, 15) is 4.79 Å². The monoisotopic (exact) mass is 122 g/mol. The zero-order valence-corrected chi connectivity index (χ0v) is 5.39. The van der Waals surface area contributed by atoms with Crippen molar-refractivity contribution >= 4 is 5.78 Å². The van der Waals surface area contributed by atoms with Crippen LogP contribution in [0.5, 0.6) is 0 Å². The van der Waals surface area contributed by atoms with Gasteiger partial charge in [-0.1, -0.05) is 6.08 Å². The molecule has 2 rings (SSSR count). The Morgan fingerprint density at radius 2 is 2.11 bits per heavy atom. The van der Waals surface area contributed by atoms with E-state index in [-0.39, 0.29) is 5.41 Å². The molecule has 0 heterocycles. The molecule has 0 aromatic heterocycles. The van der Waals surface area contributed by atoms with Crippen LogP contribution in [0.15, 0.2) is 12.2 Å². The summed E-state index contributed by atoms with van der Waals surface area (Å²) in [6.07, 6.45) is 8.28. The number of carbonyl (C=O) groups excluding carboxylic acids is 1. The van der Waals surface area contributed by atoms with Crippen LogP contribution in [0.4, 0.5) is 0 Å². The highest BCUT2D eigenvalue weighted by molar-refractivity contribution is 5.97. The lowest BCUT2D eigenvalue weighted by molar-refractivity contribution is -0.120. The first-order valence-electron chi connectivity index (χ1n) is 3.55. The average Bonchev–Trinajstić information content (AvgIpc) is 2.60. The molecule has 0 N–H and O–H groups in total. The summed E-state index contributed by atoms with van der Waals surface area (Å²) in [5, 5.41) is 0. The highest BCUT2D eigenvalue weighted by atomic mass is 16.1. The van der Waals surface area contributed by atoms with Crippen LogP contribution in [0.3, 0.4) is 0 Å². The summed E-state index contributed by atoms with van der Waals surface area (Å²) in [5.74, 6) is 0.383. The molecule has 0 aromatic rings. The standard InChI is InChI=1S/C8H10O/c9-7-3-1-2-4-8(7)5-6-8/h1,3H,2,4-6H2. The van der Waals surface area contributed by atoms with Gasteiger partial charge in [0.25, 0.3) is 0 Å². The maximum absolute atomic E-state index is 11.1. The Kier molecular flexibility index (Phi) is 0.850. The summed E-state index contributed by atoms with van der Waals surface area (Å²) in [6, 6.07) is 0. The SMILES string of the molecule is O=C1C=CCCC12CC2. The van der Waals surface area contributed by atoms with E-state index in [1.54, 1.807) is 6.08 Å². The predicted molar refractivity (Wildman–Crippen MR) is 35.0 cm³/mol. The number of hydrogen-bond acceptors (Lipinski definition) is 1. The average molecular weight is 122 g/mol. The lowest BCUT2D eigenvalue weighted by Crippen LogP contribution is -2.15. The predicted octanol–water partition coefficient (Wildman–Crippen LogP) is 1.69. The topological polar surface area (TPSA) is 17.1 Å². The second-order valence-corrected chi connectivity index (χ2v) is 3.09. The van der Waals surface area contributed by atoms with Gasteiger partial charge in [0.15, 0.2) is 5.78 Å². The maximum Gasteiger partial charge on any atom is 0.161 e. The second kappa shape index (κ2) is 1.47. The van der Waals surface area contributed by atoms with Crippen LogP contribution in [0.1, 0.15) is 25.7 Å². The zero-order chi connectivity index (χ0) is 6.32. The van der Waals surface area contributed by atoms with Crippen molar-refractivity contribution in [3.05, 3.63) is 12.2 Å². The quantitative estimate of drug-likeness (QED) is 0.477. The smallest absolute Gasteiger partial charge is 0.161 e.